The molecule has 0 N–H and O–H groups in total. The van der Waals surface area contributed by atoms with Gasteiger partial charge in [0.15, 0.2) is 0 Å². The average molecular weight is 121 g/mol. The number of hydrogen-bond donors (Lipinski definition) is 0. The smallest absolute Gasteiger partial charge is 0.0477 e. The first-order chi connectivity index (χ1) is 3.79. The van der Waals surface area contributed by atoms with Crippen LogP contribution in [-0.4, -0.2) is 10.2 Å². The highest BCUT2D eigenvalue weighted by molar-refractivity contribution is 6.32. The maximum Gasteiger partial charge on any atom is 0.0477 e. The molecule has 1 radical (unpaired) electrons. The molecule has 8 heavy (non-hydrogen) atoms. The van der Waals surface area contributed by atoms with Crippen LogP contribution < -0.4 is 5.19 Å². The summed E-state index contributed by atoms with van der Waals surface area (Å²) < 4.78 is 0. The summed E-state index contributed by atoms with van der Waals surface area (Å²) in [4.78, 5) is 0. The van der Waals surface area contributed by atoms with E-state index in [4.69, 9.17) is 0 Å². The largest absolute Gasteiger partial charge is 0.0697 e. The van der Waals surface area contributed by atoms with Gasteiger partial charge in [-0.25, -0.2) is 0 Å². The number of benzene rings is 1. The van der Waals surface area contributed by atoms with Crippen molar-refractivity contribution in [2.24, 2.45) is 0 Å². The second-order valence-corrected chi connectivity index (χ2v) is 2.80. The minimum atomic E-state index is 1.33. The predicted molar refractivity (Wildman–Crippen MR) is 39.4 cm³/mol. The highest BCUT2D eigenvalue weighted by atomic mass is 28.1. The van der Waals surface area contributed by atoms with Crippen LogP contribution in [0.3, 0.4) is 0 Å². The molecule has 0 aromatic heterocycles. The Labute approximate surface area is 53.0 Å². The Morgan fingerprint density at radius 2 is 1.62 bits per heavy atom. The number of rotatable bonds is 0. The molecule has 0 aliphatic rings. The van der Waals surface area contributed by atoms with Crippen LogP contribution in [0.25, 0.3) is 0 Å². The lowest BCUT2D eigenvalue weighted by atomic mass is 10.2. The van der Waals surface area contributed by atoms with Crippen molar-refractivity contribution < 1.29 is 0 Å². The molecule has 0 amide bonds. The first kappa shape index (κ1) is 5.57. The fourth-order valence-corrected chi connectivity index (χ4v) is 0.824. The third kappa shape index (κ3) is 1.20. The van der Waals surface area contributed by atoms with Gasteiger partial charge in [-0.1, -0.05) is 35.0 Å². The average Bonchev–Trinajstić information content (AvgIpc) is 1.77. The Kier molecular flexibility index (Phi) is 1.49. The van der Waals surface area contributed by atoms with E-state index in [9.17, 15) is 0 Å². The van der Waals surface area contributed by atoms with Gasteiger partial charge >= 0.3 is 0 Å². The van der Waals surface area contributed by atoms with Crippen LogP contribution in [0.15, 0.2) is 24.3 Å². The van der Waals surface area contributed by atoms with Crippen molar-refractivity contribution in [3.05, 3.63) is 29.8 Å². The van der Waals surface area contributed by atoms with E-state index in [2.05, 4.69) is 31.2 Å². The third-order valence-corrected chi connectivity index (χ3v) is 1.59. The zero-order valence-electron chi connectivity index (χ0n) is 5.02. The van der Waals surface area contributed by atoms with Gasteiger partial charge in [-0.05, 0) is 6.92 Å². The van der Waals surface area contributed by atoms with Gasteiger partial charge in [-0.3, -0.25) is 0 Å². The van der Waals surface area contributed by atoms with Gasteiger partial charge in [-0.2, -0.15) is 0 Å². The summed E-state index contributed by atoms with van der Waals surface area (Å²) in [5, 5.41) is 1.36. The van der Waals surface area contributed by atoms with Crippen LogP contribution in [0.1, 0.15) is 5.56 Å². The van der Waals surface area contributed by atoms with Crippen molar-refractivity contribution in [2.45, 2.75) is 6.92 Å². The fourth-order valence-electron chi connectivity index (χ4n) is 0.588. The number of hydrogen-bond acceptors (Lipinski definition) is 0. The maximum absolute atomic E-state index is 2.13. The van der Waals surface area contributed by atoms with Crippen molar-refractivity contribution in [2.75, 3.05) is 0 Å². The molecule has 0 heterocycles. The molecule has 0 saturated heterocycles. The van der Waals surface area contributed by atoms with E-state index in [1.165, 1.54) is 10.8 Å². The van der Waals surface area contributed by atoms with Gasteiger partial charge < -0.3 is 0 Å². The molecule has 1 rings (SSSR count). The van der Waals surface area contributed by atoms with Gasteiger partial charge in [0.1, 0.15) is 0 Å². The summed E-state index contributed by atoms with van der Waals surface area (Å²) in [6, 6.07) is 8.52. The second kappa shape index (κ2) is 2.14. The first-order valence-electron chi connectivity index (χ1n) is 2.67. The van der Waals surface area contributed by atoms with E-state index in [1.807, 2.05) is 10.2 Å². The van der Waals surface area contributed by atoms with Crippen LogP contribution in [0.4, 0.5) is 0 Å². The molecule has 41 valence electrons. The maximum atomic E-state index is 2.13. The molecule has 0 aliphatic heterocycles. The van der Waals surface area contributed by atoms with Crippen molar-refractivity contribution in [3.8, 4) is 0 Å². The zero-order chi connectivity index (χ0) is 5.98. The van der Waals surface area contributed by atoms with Gasteiger partial charge in [0.05, 0.1) is 0 Å². The molecule has 1 heteroatoms. The third-order valence-electron chi connectivity index (χ3n) is 1.12. The SMILES string of the molecule is Cc1ccc([SiH2])cc1. The van der Waals surface area contributed by atoms with Gasteiger partial charge in [0.25, 0.3) is 0 Å². The van der Waals surface area contributed by atoms with E-state index in [1.54, 1.807) is 0 Å². The summed E-state index contributed by atoms with van der Waals surface area (Å²) in [6.07, 6.45) is 0. The summed E-state index contributed by atoms with van der Waals surface area (Å²) in [5.41, 5.74) is 1.33. The van der Waals surface area contributed by atoms with Crippen LogP contribution in [0.2, 0.25) is 0 Å². The predicted octanol–water partition coefficient (Wildman–Crippen LogP) is 0.253. The second-order valence-electron chi connectivity index (χ2n) is 1.99. The lowest BCUT2D eigenvalue weighted by molar-refractivity contribution is 1.49. The molecule has 0 spiro atoms. The summed E-state index contributed by atoms with van der Waals surface area (Å²) in [5.74, 6) is 0. The monoisotopic (exact) mass is 121 g/mol. The van der Waals surface area contributed by atoms with Gasteiger partial charge in [0, 0.05) is 10.2 Å². The Morgan fingerprint density at radius 1 is 1.12 bits per heavy atom. The molecular formula is C7H9Si. The van der Waals surface area contributed by atoms with Crippen molar-refractivity contribution in [1.82, 2.24) is 0 Å². The lowest BCUT2D eigenvalue weighted by Gasteiger charge is -1.90. The Hall–Kier alpha value is -0.563. The van der Waals surface area contributed by atoms with E-state index in [0.29, 0.717) is 0 Å². The van der Waals surface area contributed by atoms with E-state index in [0.717, 1.165) is 0 Å². The molecule has 0 bridgehead atoms. The van der Waals surface area contributed by atoms with Crippen molar-refractivity contribution in [3.63, 3.8) is 0 Å². The summed E-state index contributed by atoms with van der Waals surface area (Å²) in [6.45, 7) is 2.10. The minimum absolute atomic E-state index is 1.33. The quantitative estimate of drug-likeness (QED) is 0.432. The Morgan fingerprint density at radius 3 is 2.00 bits per heavy atom. The molecule has 0 atom stereocenters. The van der Waals surface area contributed by atoms with Crippen LogP contribution in [0.5, 0.6) is 0 Å². The van der Waals surface area contributed by atoms with Crippen LogP contribution >= 0.6 is 0 Å². The van der Waals surface area contributed by atoms with Gasteiger partial charge in [0.2, 0.25) is 0 Å². The highest BCUT2D eigenvalue weighted by Gasteiger charge is 1.79. The molecule has 0 fully saturated rings. The Bertz CT molecular complexity index is 143. The standard InChI is InChI=1S/C7H9Si/c1-6-2-4-7(8)5-3-6/h2-5H,8H2,1H3. The first-order valence-corrected chi connectivity index (χ1v) is 3.38. The molecule has 1 aromatic rings. The van der Waals surface area contributed by atoms with Crippen LogP contribution in [-0.2, 0) is 0 Å². The molecule has 0 saturated carbocycles. The van der Waals surface area contributed by atoms with E-state index >= 15 is 0 Å². The van der Waals surface area contributed by atoms with Crippen LogP contribution in [0, 0.1) is 6.92 Å². The molecule has 0 nitrogen and oxygen atoms in total. The van der Waals surface area contributed by atoms with E-state index < -0.39 is 0 Å². The summed E-state index contributed by atoms with van der Waals surface area (Å²) >= 11 is 0. The van der Waals surface area contributed by atoms with E-state index in [-0.39, 0.29) is 0 Å². The normalized spacial score (nSPS) is 9.25. The van der Waals surface area contributed by atoms with Gasteiger partial charge in [-0.15, -0.1) is 0 Å². The zero-order valence-corrected chi connectivity index (χ0v) is 6.43. The molecule has 0 unspecified atom stereocenters. The summed E-state index contributed by atoms with van der Waals surface area (Å²) in [7, 11) is 1.91. The minimum Gasteiger partial charge on any atom is -0.0697 e. The van der Waals surface area contributed by atoms with Crippen molar-refractivity contribution in [1.29, 1.82) is 0 Å². The fraction of sp³-hybridized carbons (Fsp3) is 0.143. The highest BCUT2D eigenvalue weighted by Crippen LogP contribution is 1.90. The van der Waals surface area contributed by atoms with Crippen molar-refractivity contribution >= 4 is 15.4 Å². The molecule has 0 aliphatic carbocycles. The lowest BCUT2D eigenvalue weighted by Crippen LogP contribution is -1.98. The molecule has 1 aromatic carbocycles. The Balaban J connectivity index is 3.03. The topological polar surface area (TPSA) is 0 Å². The number of aryl methyl sites for hydroxylation is 1. The molecular weight excluding hydrogens is 112 g/mol.